The van der Waals surface area contributed by atoms with Gasteiger partial charge >= 0.3 is 0 Å². The monoisotopic (exact) mass is 333 g/mol. The van der Waals surface area contributed by atoms with E-state index in [4.69, 9.17) is 14.7 Å². The molecule has 0 saturated carbocycles. The molecule has 0 radical (unpaired) electrons. The molecule has 1 aliphatic carbocycles. The lowest BCUT2D eigenvalue weighted by Gasteiger charge is -2.21. The number of benzene rings is 1. The smallest absolute Gasteiger partial charge is 0.176 e. The molecule has 1 unspecified atom stereocenters. The minimum absolute atomic E-state index is 0.0733. The Hall–Kier alpha value is -1.73. The van der Waals surface area contributed by atoms with E-state index in [1.165, 1.54) is 6.08 Å². The Kier molecular flexibility index (Phi) is 5.25. The van der Waals surface area contributed by atoms with Crippen molar-refractivity contribution in [2.45, 2.75) is 25.4 Å². The van der Waals surface area contributed by atoms with E-state index in [1.54, 1.807) is 13.2 Å². The summed E-state index contributed by atoms with van der Waals surface area (Å²) in [4.78, 5) is 0. The zero-order valence-electron chi connectivity index (χ0n) is 11.3. The van der Waals surface area contributed by atoms with Crippen molar-refractivity contribution < 1.29 is 9.47 Å². The van der Waals surface area contributed by atoms with Crippen molar-refractivity contribution in [3.8, 4) is 17.6 Å². The quantitative estimate of drug-likeness (QED) is 0.602. The first kappa shape index (κ1) is 14.7. The molecule has 0 N–H and O–H groups in total. The van der Waals surface area contributed by atoms with Gasteiger partial charge in [-0.15, -0.1) is 0 Å². The molecule has 20 heavy (non-hydrogen) atoms. The highest BCUT2D eigenvalue weighted by Gasteiger charge is 2.17. The first-order valence-electron chi connectivity index (χ1n) is 6.52. The summed E-state index contributed by atoms with van der Waals surface area (Å²) in [5.41, 5.74) is 0.891. The fourth-order valence-electron chi connectivity index (χ4n) is 2.11. The molecule has 1 aromatic rings. The molecule has 0 heterocycles. The second-order valence-electron chi connectivity index (χ2n) is 4.48. The number of nitrogens with zero attached hydrogens (tertiary/aromatic N) is 1. The van der Waals surface area contributed by atoms with Gasteiger partial charge in [0.25, 0.3) is 0 Å². The number of allylic oxidation sites excluding steroid dienone is 2. The van der Waals surface area contributed by atoms with Gasteiger partial charge < -0.3 is 9.47 Å². The fraction of sp³-hybridized carbons (Fsp3) is 0.312. The summed E-state index contributed by atoms with van der Waals surface area (Å²) in [6.07, 6.45) is 10.7. The van der Waals surface area contributed by atoms with Gasteiger partial charge in [-0.05, 0) is 65.0 Å². The molecular weight excluding hydrogens is 318 g/mol. The zero-order chi connectivity index (χ0) is 14.4. The molecule has 0 fully saturated rings. The van der Waals surface area contributed by atoms with E-state index in [0.29, 0.717) is 11.5 Å². The molecule has 0 saturated heterocycles. The molecule has 1 aliphatic rings. The Bertz CT molecular complexity index is 573. The molecule has 0 aliphatic heterocycles. The Labute approximate surface area is 127 Å². The summed E-state index contributed by atoms with van der Waals surface area (Å²) < 4.78 is 12.2. The normalized spacial score (nSPS) is 17.9. The highest BCUT2D eigenvalue weighted by molar-refractivity contribution is 9.10. The third kappa shape index (κ3) is 3.43. The number of methoxy groups -OCH3 is 1. The van der Waals surface area contributed by atoms with Crippen molar-refractivity contribution in [3.63, 3.8) is 0 Å². The van der Waals surface area contributed by atoms with Gasteiger partial charge in [-0.25, -0.2) is 0 Å². The maximum absolute atomic E-state index is 8.63. The molecule has 3 nitrogen and oxygen atoms in total. The maximum atomic E-state index is 8.63. The summed E-state index contributed by atoms with van der Waals surface area (Å²) >= 11 is 3.54. The molecule has 4 heteroatoms. The molecule has 2 rings (SSSR count). The van der Waals surface area contributed by atoms with Crippen molar-refractivity contribution >= 4 is 22.0 Å². The minimum Gasteiger partial charge on any atom is -0.493 e. The summed E-state index contributed by atoms with van der Waals surface area (Å²) in [6, 6.07) is 5.73. The second-order valence-corrected chi connectivity index (χ2v) is 5.27. The zero-order valence-corrected chi connectivity index (χ0v) is 12.9. The number of rotatable bonds is 4. The van der Waals surface area contributed by atoms with Crippen LogP contribution in [0.4, 0.5) is 0 Å². The minimum atomic E-state index is 0.0733. The van der Waals surface area contributed by atoms with Gasteiger partial charge in [0.15, 0.2) is 11.5 Å². The molecule has 104 valence electrons. The number of hydrogen-bond acceptors (Lipinski definition) is 3. The van der Waals surface area contributed by atoms with Crippen LogP contribution in [-0.2, 0) is 0 Å². The fourth-order valence-corrected chi connectivity index (χ4v) is 2.66. The standard InChI is InChI=1S/C16H16BrNO2/c1-19-14-10-9-12(6-5-11-18)15(17)16(14)20-13-7-3-2-4-8-13/h3,5-7,9-10,13H,2,4,8H2,1H3/b6-5-. The first-order valence-corrected chi connectivity index (χ1v) is 7.31. The van der Waals surface area contributed by atoms with Gasteiger partial charge in [-0.2, -0.15) is 5.26 Å². The molecule has 0 aromatic heterocycles. The predicted molar refractivity (Wildman–Crippen MR) is 82.7 cm³/mol. The number of nitriles is 1. The Morgan fingerprint density at radius 3 is 2.95 bits per heavy atom. The van der Waals surface area contributed by atoms with E-state index in [-0.39, 0.29) is 6.10 Å². The van der Waals surface area contributed by atoms with Gasteiger partial charge in [-0.1, -0.05) is 6.08 Å². The van der Waals surface area contributed by atoms with E-state index >= 15 is 0 Å². The van der Waals surface area contributed by atoms with Crippen molar-refractivity contribution in [2.75, 3.05) is 7.11 Å². The van der Waals surface area contributed by atoms with Crippen LogP contribution in [0.5, 0.6) is 11.5 Å². The van der Waals surface area contributed by atoms with Crippen LogP contribution in [-0.4, -0.2) is 13.2 Å². The Morgan fingerprint density at radius 2 is 2.30 bits per heavy atom. The van der Waals surface area contributed by atoms with Crippen molar-refractivity contribution in [1.82, 2.24) is 0 Å². The van der Waals surface area contributed by atoms with Gasteiger partial charge in [0, 0.05) is 6.08 Å². The molecule has 0 amide bonds. The molecular formula is C16H16BrNO2. The lowest BCUT2D eigenvalue weighted by Crippen LogP contribution is -2.16. The highest BCUT2D eigenvalue weighted by Crippen LogP contribution is 2.39. The van der Waals surface area contributed by atoms with Crippen LogP contribution in [0.15, 0.2) is 34.8 Å². The van der Waals surface area contributed by atoms with Gasteiger partial charge in [0.05, 0.1) is 17.7 Å². The van der Waals surface area contributed by atoms with Crippen molar-refractivity contribution in [2.24, 2.45) is 0 Å². The number of ether oxygens (including phenoxy) is 2. The van der Waals surface area contributed by atoms with Crippen LogP contribution in [0.1, 0.15) is 24.8 Å². The maximum Gasteiger partial charge on any atom is 0.176 e. The first-order chi connectivity index (χ1) is 9.76. The molecule has 1 aromatic carbocycles. The third-order valence-corrected chi connectivity index (χ3v) is 3.95. The van der Waals surface area contributed by atoms with Crippen LogP contribution < -0.4 is 9.47 Å². The summed E-state index contributed by atoms with van der Waals surface area (Å²) in [5.74, 6) is 1.37. The second kappa shape index (κ2) is 7.16. The van der Waals surface area contributed by atoms with Crippen LogP contribution >= 0.6 is 15.9 Å². The molecule has 0 spiro atoms. The predicted octanol–water partition coefficient (Wildman–Crippen LogP) is 4.48. The largest absolute Gasteiger partial charge is 0.493 e. The number of hydrogen-bond donors (Lipinski definition) is 0. The van der Waals surface area contributed by atoms with Crippen LogP contribution in [0.25, 0.3) is 6.08 Å². The number of halogens is 1. The van der Waals surface area contributed by atoms with Gasteiger partial charge in [0.2, 0.25) is 0 Å². The van der Waals surface area contributed by atoms with E-state index in [2.05, 4.69) is 28.1 Å². The summed E-state index contributed by atoms with van der Waals surface area (Å²) in [7, 11) is 1.62. The molecule has 0 bridgehead atoms. The third-order valence-electron chi connectivity index (χ3n) is 3.13. The summed E-state index contributed by atoms with van der Waals surface area (Å²) in [6.45, 7) is 0. The summed E-state index contributed by atoms with van der Waals surface area (Å²) in [5, 5.41) is 8.63. The van der Waals surface area contributed by atoms with E-state index < -0.39 is 0 Å². The Morgan fingerprint density at radius 1 is 1.45 bits per heavy atom. The van der Waals surface area contributed by atoms with Crippen LogP contribution in [0.2, 0.25) is 0 Å². The average Bonchev–Trinajstić information content (AvgIpc) is 2.49. The SMILES string of the molecule is COc1ccc(/C=C\C#N)c(Br)c1OC1C=CCCC1. The van der Waals surface area contributed by atoms with E-state index in [9.17, 15) is 0 Å². The van der Waals surface area contributed by atoms with Gasteiger partial charge in [-0.3, -0.25) is 0 Å². The lowest BCUT2D eigenvalue weighted by atomic mass is 10.1. The Balaban J connectivity index is 2.33. The lowest BCUT2D eigenvalue weighted by molar-refractivity contribution is 0.218. The van der Waals surface area contributed by atoms with Crippen LogP contribution in [0.3, 0.4) is 0 Å². The van der Waals surface area contributed by atoms with Gasteiger partial charge in [0.1, 0.15) is 6.10 Å². The van der Waals surface area contributed by atoms with E-state index in [1.807, 2.05) is 18.2 Å². The highest BCUT2D eigenvalue weighted by atomic mass is 79.9. The average molecular weight is 334 g/mol. The van der Waals surface area contributed by atoms with E-state index in [0.717, 1.165) is 29.3 Å². The van der Waals surface area contributed by atoms with Crippen molar-refractivity contribution in [3.05, 3.63) is 40.4 Å². The van der Waals surface area contributed by atoms with Crippen molar-refractivity contribution in [1.29, 1.82) is 5.26 Å². The van der Waals surface area contributed by atoms with Crippen LogP contribution in [0, 0.1) is 11.3 Å². The molecule has 1 atom stereocenters. The topological polar surface area (TPSA) is 42.2 Å².